The first-order valence-electron chi connectivity index (χ1n) is 7.67. The van der Waals surface area contributed by atoms with E-state index < -0.39 is 10.0 Å². The molecule has 2 aromatic heterocycles. The van der Waals surface area contributed by atoms with Crippen molar-refractivity contribution in [1.82, 2.24) is 10.1 Å². The molecule has 0 bridgehead atoms. The van der Waals surface area contributed by atoms with E-state index in [0.717, 1.165) is 16.0 Å². The zero-order valence-corrected chi connectivity index (χ0v) is 15.0. The molecule has 0 aliphatic heterocycles. The predicted octanol–water partition coefficient (Wildman–Crippen LogP) is 4.27. The molecule has 6 nitrogen and oxygen atoms in total. The normalized spacial score (nSPS) is 11.4. The Balaban J connectivity index is 1.55. The van der Waals surface area contributed by atoms with Crippen LogP contribution in [0.1, 0.15) is 0 Å². The number of hydrogen-bond donors (Lipinski definition) is 1. The lowest BCUT2D eigenvalue weighted by atomic mass is 10.2. The van der Waals surface area contributed by atoms with Gasteiger partial charge in [-0.2, -0.15) is 0 Å². The Hall–Kier alpha value is -2.97. The lowest BCUT2D eigenvalue weighted by molar-refractivity contribution is 0.422. The van der Waals surface area contributed by atoms with Gasteiger partial charge in [-0.25, -0.2) is 13.4 Å². The van der Waals surface area contributed by atoms with Crippen LogP contribution < -0.4 is 4.72 Å². The molecule has 26 heavy (non-hydrogen) atoms. The van der Waals surface area contributed by atoms with Gasteiger partial charge in [-0.05, 0) is 17.7 Å². The second kappa shape index (κ2) is 6.74. The summed E-state index contributed by atoms with van der Waals surface area (Å²) in [6, 6.07) is 17.8. The van der Waals surface area contributed by atoms with E-state index >= 15 is 0 Å². The molecule has 0 saturated carbocycles. The average Bonchev–Trinajstić information content (AvgIpc) is 3.34. The molecule has 0 unspecified atom stereocenters. The van der Waals surface area contributed by atoms with Crippen molar-refractivity contribution in [2.24, 2.45) is 0 Å². The second-order valence-corrected chi connectivity index (χ2v) is 8.12. The first-order chi connectivity index (χ1) is 12.6. The van der Waals surface area contributed by atoms with Crippen molar-refractivity contribution >= 4 is 26.5 Å². The van der Waals surface area contributed by atoms with Gasteiger partial charge < -0.3 is 4.52 Å². The number of hydrogen-bond acceptors (Lipinski definition) is 6. The highest BCUT2D eigenvalue weighted by Crippen LogP contribution is 2.30. The van der Waals surface area contributed by atoms with Crippen molar-refractivity contribution < 1.29 is 12.9 Å². The molecule has 0 atom stereocenters. The van der Waals surface area contributed by atoms with E-state index in [1.807, 2.05) is 30.3 Å². The fourth-order valence-corrected chi connectivity index (χ4v) is 4.46. The van der Waals surface area contributed by atoms with Crippen molar-refractivity contribution in [2.45, 2.75) is 4.90 Å². The van der Waals surface area contributed by atoms with Crippen LogP contribution in [0.4, 0.5) is 5.13 Å². The van der Waals surface area contributed by atoms with Gasteiger partial charge in [0.15, 0.2) is 5.13 Å². The van der Waals surface area contributed by atoms with E-state index in [2.05, 4.69) is 14.9 Å². The molecule has 0 fully saturated rings. The number of rotatable bonds is 5. The Morgan fingerprint density at radius 3 is 2.38 bits per heavy atom. The molecule has 4 rings (SSSR count). The molecule has 130 valence electrons. The summed E-state index contributed by atoms with van der Waals surface area (Å²) in [6.45, 7) is 0. The summed E-state index contributed by atoms with van der Waals surface area (Å²) in [7, 11) is -3.71. The SMILES string of the molecule is O=S(=O)(Nc1ncc(-c2ccccc2)s1)c1ccc(-c2ccon2)cc1. The van der Waals surface area contributed by atoms with E-state index in [-0.39, 0.29) is 4.90 Å². The average molecular weight is 383 g/mol. The summed E-state index contributed by atoms with van der Waals surface area (Å²) in [5.74, 6) is 0. The Bertz CT molecular complexity index is 1100. The molecule has 0 aliphatic rings. The quantitative estimate of drug-likeness (QED) is 0.556. The van der Waals surface area contributed by atoms with Crippen LogP contribution in [0.2, 0.25) is 0 Å². The van der Waals surface area contributed by atoms with E-state index in [4.69, 9.17) is 4.52 Å². The third kappa shape index (κ3) is 3.37. The number of benzene rings is 2. The highest BCUT2D eigenvalue weighted by molar-refractivity contribution is 7.93. The second-order valence-electron chi connectivity index (χ2n) is 5.41. The number of anilines is 1. The summed E-state index contributed by atoms with van der Waals surface area (Å²) in [5.41, 5.74) is 2.42. The van der Waals surface area contributed by atoms with Crippen molar-refractivity contribution in [3.63, 3.8) is 0 Å². The van der Waals surface area contributed by atoms with Gasteiger partial charge in [0.2, 0.25) is 0 Å². The monoisotopic (exact) mass is 383 g/mol. The van der Waals surface area contributed by atoms with Crippen LogP contribution in [0.3, 0.4) is 0 Å². The van der Waals surface area contributed by atoms with E-state index in [1.54, 1.807) is 24.4 Å². The Kier molecular flexibility index (Phi) is 4.27. The van der Waals surface area contributed by atoms with Crippen LogP contribution >= 0.6 is 11.3 Å². The largest absolute Gasteiger partial charge is 0.364 e. The first-order valence-corrected chi connectivity index (χ1v) is 9.97. The molecule has 0 saturated heterocycles. The molecule has 0 amide bonds. The van der Waals surface area contributed by atoms with E-state index in [9.17, 15) is 8.42 Å². The molecule has 2 aromatic carbocycles. The molecule has 8 heteroatoms. The number of thiazole rings is 1. The van der Waals surface area contributed by atoms with Crippen molar-refractivity contribution in [3.8, 4) is 21.7 Å². The maximum absolute atomic E-state index is 12.6. The molecule has 2 heterocycles. The summed E-state index contributed by atoms with van der Waals surface area (Å²) < 4.78 is 32.5. The maximum atomic E-state index is 12.6. The van der Waals surface area contributed by atoms with Gasteiger partial charge in [0, 0.05) is 17.8 Å². The van der Waals surface area contributed by atoms with Crippen LogP contribution in [0.25, 0.3) is 21.7 Å². The van der Waals surface area contributed by atoms with Gasteiger partial charge in [0.1, 0.15) is 12.0 Å². The lowest BCUT2D eigenvalue weighted by Crippen LogP contribution is -2.12. The number of sulfonamides is 1. The van der Waals surface area contributed by atoms with Crippen molar-refractivity contribution in [3.05, 3.63) is 73.1 Å². The van der Waals surface area contributed by atoms with E-state index in [0.29, 0.717) is 10.8 Å². The zero-order chi connectivity index (χ0) is 18.0. The standard InChI is InChI=1S/C18H13N3O3S2/c22-26(23,15-8-6-13(7-9-15)16-10-11-24-20-16)21-18-19-12-17(25-18)14-4-2-1-3-5-14/h1-12H,(H,19,21). The zero-order valence-electron chi connectivity index (χ0n) is 13.4. The summed E-state index contributed by atoms with van der Waals surface area (Å²) >= 11 is 1.28. The fourth-order valence-electron chi connectivity index (χ4n) is 2.40. The van der Waals surface area contributed by atoms with Gasteiger partial charge >= 0.3 is 0 Å². The van der Waals surface area contributed by atoms with Crippen LogP contribution in [-0.4, -0.2) is 18.6 Å². The summed E-state index contributed by atoms with van der Waals surface area (Å²) in [4.78, 5) is 5.21. The predicted molar refractivity (Wildman–Crippen MR) is 100 cm³/mol. The molecule has 1 N–H and O–H groups in total. The van der Waals surface area contributed by atoms with Crippen molar-refractivity contribution in [2.75, 3.05) is 4.72 Å². The van der Waals surface area contributed by atoms with Crippen LogP contribution in [0.15, 0.2) is 82.5 Å². The van der Waals surface area contributed by atoms with Crippen LogP contribution in [0.5, 0.6) is 0 Å². The Morgan fingerprint density at radius 2 is 1.69 bits per heavy atom. The maximum Gasteiger partial charge on any atom is 0.263 e. The molecular formula is C18H13N3O3S2. The first kappa shape index (κ1) is 16.5. The third-order valence-corrected chi connectivity index (χ3v) is 6.13. The highest BCUT2D eigenvalue weighted by Gasteiger charge is 2.17. The van der Waals surface area contributed by atoms with E-state index in [1.165, 1.54) is 29.7 Å². The molecule has 0 spiro atoms. The smallest absolute Gasteiger partial charge is 0.263 e. The van der Waals surface area contributed by atoms with Gasteiger partial charge in [-0.3, -0.25) is 4.72 Å². The molecule has 0 aliphatic carbocycles. The number of aromatic nitrogens is 2. The highest BCUT2D eigenvalue weighted by atomic mass is 32.2. The van der Waals surface area contributed by atoms with Crippen LogP contribution in [-0.2, 0) is 10.0 Å². The van der Waals surface area contributed by atoms with Gasteiger partial charge in [0.25, 0.3) is 10.0 Å². The van der Waals surface area contributed by atoms with Gasteiger partial charge in [-0.15, -0.1) is 0 Å². The third-order valence-electron chi connectivity index (χ3n) is 3.68. The molecule has 0 radical (unpaired) electrons. The Morgan fingerprint density at radius 1 is 0.923 bits per heavy atom. The fraction of sp³-hybridized carbons (Fsp3) is 0. The number of nitrogens with one attached hydrogen (secondary N) is 1. The minimum Gasteiger partial charge on any atom is -0.364 e. The topological polar surface area (TPSA) is 85.1 Å². The minimum absolute atomic E-state index is 0.154. The van der Waals surface area contributed by atoms with Crippen LogP contribution in [0, 0.1) is 0 Å². The summed E-state index contributed by atoms with van der Waals surface area (Å²) in [5, 5.41) is 4.15. The minimum atomic E-state index is -3.71. The summed E-state index contributed by atoms with van der Waals surface area (Å²) in [6.07, 6.45) is 3.12. The van der Waals surface area contributed by atoms with Crippen molar-refractivity contribution in [1.29, 1.82) is 0 Å². The molecule has 4 aromatic rings. The molecular weight excluding hydrogens is 370 g/mol. The number of nitrogens with zero attached hydrogens (tertiary/aromatic N) is 2. The Labute approximate surface area is 154 Å². The lowest BCUT2D eigenvalue weighted by Gasteiger charge is -2.05. The van der Waals surface area contributed by atoms with Gasteiger partial charge in [-0.1, -0.05) is 59.0 Å². The van der Waals surface area contributed by atoms with Gasteiger partial charge in [0.05, 0.1) is 9.77 Å².